The van der Waals surface area contributed by atoms with E-state index >= 15 is 0 Å². The van der Waals surface area contributed by atoms with Crippen molar-refractivity contribution in [1.82, 2.24) is 19.3 Å². The minimum Gasteiger partial charge on any atom is -0.377 e. The van der Waals surface area contributed by atoms with Crippen molar-refractivity contribution < 1.29 is 0 Å². The van der Waals surface area contributed by atoms with Gasteiger partial charge in [0.25, 0.3) is 0 Å². The normalized spacial score (nSPS) is 10.8. The maximum absolute atomic E-state index is 4.44. The molecule has 0 saturated carbocycles. The van der Waals surface area contributed by atoms with Crippen LogP contribution in [0.25, 0.3) is 5.69 Å². The first kappa shape index (κ1) is 13.4. The highest BCUT2D eigenvalue weighted by molar-refractivity contribution is 5.46. The quantitative estimate of drug-likeness (QED) is 0.800. The van der Waals surface area contributed by atoms with E-state index in [9.17, 15) is 0 Å². The van der Waals surface area contributed by atoms with Crippen LogP contribution in [0.15, 0.2) is 42.7 Å². The number of anilines is 1. The van der Waals surface area contributed by atoms with Crippen LogP contribution in [0.5, 0.6) is 0 Å². The van der Waals surface area contributed by atoms with Gasteiger partial charge in [-0.25, -0.2) is 4.98 Å². The summed E-state index contributed by atoms with van der Waals surface area (Å²) in [7, 11) is 1.93. The minimum absolute atomic E-state index is 0.711. The Labute approximate surface area is 124 Å². The number of aryl methyl sites for hydroxylation is 3. The number of nitrogens with one attached hydrogen (secondary N) is 1. The van der Waals surface area contributed by atoms with E-state index in [0.717, 1.165) is 28.6 Å². The molecule has 1 aromatic carbocycles. The Bertz CT molecular complexity index is 739. The lowest BCUT2D eigenvalue weighted by Crippen LogP contribution is -2.07. The lowest BCUT2D eigenvalue weighted by molar-refractivity contribution is 0.756. The summed E-state index contributed by atoms with van der Waals surface area (Å²) in [6.45, 7) is 4.73. The summed E-state index contributed by atoms with van der Waals surface area (Å²) in [5, 5.41) is 7.77. The largest absolute Gasteiger partial charge is 0.377 e. The van der Waals surface area contributed by atoms with E-state index in [1.807, 2.05) is 56.2 Å². The molecule has 0 fully saturated rings. The van der Waals surface area contributed by atoms with Crippen LogP contribution in [0.3, 0.4) is 0 Å². The summed E-state index contributed by atoms with van der Waals surface area (Å²) in [4.78, 5) is 4.44. The molecule has 0 unspecified atom stereocenters. The Morgan fingerprint density at radius 1 is 1.14 bits per heavy atom. The van der Waals surface area contributed by atoms with Crippen LogP contribution in [-0.2, 0) is 13.6 Å². The van der Waals surface area contributed by atoms with E-state index in [1.165, 1.54) is 0 Å². The first-order valence-electron chi connectivity index (χ1n) is 6.98. The van der Waals surface area contributed by atoms with Gasteiger partial charge >= 0.3 is 0 Å². The zero-order valence-corrected chi connectivity index (χ0v) is 12.5. The highest BCUT2D eigenvalue weighted by Gasteiger charge is 2.09. The van der Waals surface area contributed by atoms with Crippen molar-refractivity contribution in [2.45, 2.75) is 20.4 Å². The fraction of sp³-hybridized carbons (Fsp3) is 0.250. The van der Waals surface area contributed by atoms with Crippen molar-refractivity contribution in [3.63, 3.8) is 0 Å². The predicted octanol–water partition coefficient (Wildman–Crippen LogP) is 2.83. The van der Waals surface area contributed by atoms with Crippen LogP contribution in [0, 0.1) is 13.8 Å². The van der Waals surface area contributed by atoms with Gasteiger partial charge in [0.05, 0.1) is 29.8 Å². The Morgan fingerprint density at radius 2 is 1.90 bits per heavy atom. The molecule has 108 valence electrons. The summed E-state index contributed by atoms with van der Waals surface area (Å²) in [6.07, 6.45) is 3.91. The highest BCUT2D eigenvalue weighted by atomic mass is 15.3. The third-order valence-corrected chi connectivity index (χ3v) is 3.50. The molecule has 0 saturated heterocycles. The molecule has 1 N–H and O–H groups in total. The lowest BCUT2D eigenvalue weighted by Gasteiger charge is -2.11. The number of nitrogens with zero attached hydrogens (tertiary/aromatic N) is 4. The fourth-order valence-electron chi connectivity index (χ4n) is 2.50. The van der Waals surface area contributed by atoms with Gasteiger partial charge in [-0.1, -0.05) is 18.2 Å². The van der Waals surface area contributed by atoms with E-state index in [-0.39, 0.29) is 0 Å². The van der Waals surface area contributed by atoms with E-state index in [4.69, 9.17) is 0 Å². The summed E-state index contributed by atoms with van der Waals surface area (Å²) in [6, 6.07) is 10.3. The molecular weight excluding hydrogens is 262 g/mol. The molecule has 0 aliphatic rings. The predicted molar refractivity (Wildman–Crippen MR) is 83.6 cm³/mol. The van der Waals surface area contributed by atoms with Gasteiger partial charge in [-0.3, -0.25) is 9.25 Å². The number of imidazole rings is 1. The standard InChI is InChI=1S/C16H19N5/c1-12-16(11-20(3)19-12)18-10-15-9-17-13(2)21(15)14-7-5-4-6-8-14/h4-9,11,18H,10H2,1-3H3. The molecule has 5 heteroatoms. The number of para-hydroxylation sites is 1. The van der Waals surface area contributed by atoms with Gasteiger partial charge in [-0.2, -0.15) is 5.10 Å². The zero-order valence-electron chi connectivity index (χ0n) is 12.5. The van der Waals surface area contributed by atoms with Crippen LogP contribution >= 0.6 is 0 Å². The molecule has 5 nitrogen and oxygen atoms in total. The van der Waals surface area contributed by atoms with Gasteiger partial charge < -0.3 is 5.32 Å². The van der Waals surface area contributed by atoms with Crippen LogP contribution in [0.2, 0.25) is 0 Å². The first-order valence-corrected chi connectivity index (χ1v) is 6.98. The van der Waals surface area contributed by atoms with Crippen molar-refractivity contribution in [1.29, 1.82) is 0 Å². The third kappa shape index (κ3) is 2.67. The summed E-state index contributed by atoms with van der Waals surface area (Å²) in [5.74, 6) is 0.987. The van der Waals surface area contributed by atoms with E-state index < -0.39 is 0 Å². The molecule has 3 aromatic rings. The van der Waals surface area contributed by atoms with Crippen LogP contribution < -0.4 is 5.32 Å². The molecule has 0 atom stereocenters. The monoisotopic (exact) mass is 281 g/mol. The smallest absolute Gasteiger partial charge is 0.110 e. The highest BCUT2D eigenvalue weighted by Crippen LogP contribution is 2.17. The van der Waals surface area contributed by atoms with E-state index in [1.54, 1.807) is 0 Å². The lowest BCUT2D eigenvalue weighted by atomic mass is 10.3. The Hall–Kier alpha value is -2.56. The van der Waals surface area contributed by atoms with Gasteiger partial charge in [0, 0.05) is 18.9 Å². The Morgan fingerprint density at radius 3 is 2.57 bits per heavy atom. The third-order valence-electron chi connectivity index (χ3n) is 3.50. The number of benzene rings is 1. The second kappa shape index (κ2) is 5.44. The number of hydrogen-bond acceptors (Lipinski definition) is 3. The van der Waals surface area contributed by atoms with Gasteiger partial charge in [-0.05, 0) is 26.0 Å². The molecule has 2 aromatic heterocycles. The second-order valence-corrected chi connectivity index (χ2v) is 5.12. The van der Waals surface area contributed by atoms with Crippen molar-refractivity contribution >= 4 is 5.69 Å². The fourth-order valence-corrected chi connectivity index (χ4v) is 2.50. The molecule has 0 aliphatic heterocycles. The van der Waals surface area contributed by atoms with Gasteiger partial charge in [0.2, 0.25) is 0 Å². The van der Waals surface area contributed by atoms with Crippen LogP contribution in [-0.4, -0.2) is 19.3 Å². The van der Waals surface area contributed by atoms with Gasteiger partial charge in [-0.15, -0.1) is 0 Å². The molecule has 0 radical (unpaired) electrons. The van der Waals surface area contributed by atoms with Crippen molar-refractivity contribution in [2.75, 3.05) is 5.32 Å². The molecule has 21 heavy (non-hydrogen) atoms. The van der Waals surface area contributed by atoms with Crippen LogP contribution in [0.4, 0.5) is 5.69 Å². The van der Waals surface area contributed by atoms with E-state index in [2.05, 4.69) is 32.1 Å². The van der Waals surface area contributed by atoms with Crippen LogP contribution in [0.1, 0.15) is 17.2 Å². The molecule has 0 bridgehead atoms. The minimum atomic E-state index is 0.711. The molecule has 2 heterocycles. The Kier molecular flexibility index (Phi) is 3.48. The summed E-state index contributed by atoms with van der Waals surface area (Å²) < 4.78 is 3.98. The average Bonchev–Trinajstić information content (AvgIpc) is 3.00. The molecule has 0 amide bonds. The van der Waals surface area contributed by atoms with Crippen molar-refractivity contribution in [3.05, 3.63) is 59.9 Å². The van der Waals surface area contributed by atoms with Gasteiger partial charge in [0.1, 0.15) is 5.82 Å². The van der Waals surface area contributed by atoms with Crippen molar-refractivity contribution in [3.8, 4) is 5.69 Å². The maximum atomic E-state index is 4.44. The molecule has 0 aliphatic carbocycles. The maximum Gasteiger partial charge on any atom is 0.110 e. The molecule has 3 rings (SSSR count). The molecular formula is C16H19N5. The SMILES string of the molecule is Cc1nn(C)cc1NCc1cnc(C)n1-c1ccccc1. The first-order chi connectivity index (χ1) is 10.1. The molecule has 0 spiro atoms. The average molecular weight is 281 g/mol. The zero-order chi connectivity index (χ0) is 14.8. The van der Waals surface area contributed by atoms with Crippen molar-refractivity contribution in [2.24, 2.45) is 7.05 Å². The summed E-state index contributed by atoms with van der Waals surface area (Å²) in [5.41, 5.74) is 4.31. The number of rotatable bonds is 4. The topological polar surface area (TPSA) is 47.7 Å². The number of aromatic nitrogens is 4. The second-order valence-electron chi connectivity index (χ2n) is 5.12. The Balaban J connectivity index is 1.85. The summed E-state index contributed by atoms with van der Waals surface area (Å²) >= 11 is 0. The number of hydrogen-bond donors (Lipinski definition) is 1. The van der Waals surface area contributed by atoms with E-state index in [0.29, 0.717) is 6.54 Å². The van der Waals surface area contributed by atoms with Gasteiger partial charge in [0.15, 0.2) is 0 Å².